The van der Waals surface area contributed by atoms with Crippen LogP contribution in [0.5, 0.6) is 5.75 Å². The van der Waals surface area contributed by atoms with Crippen LogP contribution in [0.2, 0.25) is 0 Å². The molecule has 1 N–H and O–H groups in total. The number of ether oxygens (including phenoxy) is 1. The van der Waals surface area contributed by atoms with Crippen molar-refractivity contribution in [3.8, 4) is 16.9 Å². The Morgan fingerprint density at radius 1 is 1.15 bits per heavy atom. The zero-order valence-corrected chi connectivity index (χ0v) is 15.1. The molecule has 134 valence electrons. The molecule has 0 unspecified atom stereocenters. The molecular formula is C20H22N4O2. The molecule has 0 bridgehead atoms. The number of fused-ring (bicyclic) bond motifs is 1. The van der Waals surface area contributed by atoms with E-state index in [9.17, 15) is 5.11 Å². The Labute approximate surface area is 152 Å². The zero-order valence-electron chi connectivity index (χ0n) is 15.1. The van der Waals surface area contributed by atoms with Gasteiger partial charge in [0.2, 0.25) is 0 Å². The molecule has 26 heavy (non-hydrogen) atoms. The van der Waals surface area contributed by atoms with E-state index >= 15 is 0 Å². The van der Waals surface area contributed by atoms with E-state index in [1.807, 2.05) is 38.1 Å². The fourth-order valence-electron chi connectivity index (χ4n) is 3.61. The van der Waals surface area contributed by atoms with Crippen LogP contribution in [0.15, 0.2) is 30.8 Å². The highest BCUT2D eigenvalue weighted by Crippen LogP contribution is 2.31. The molecule has 0 amide bonds. The van der Waals surface area contributed by atoms with E-state index in [1.165, 1.54) is 12.8 Å². The second-order valence-corrected chi connectivity index (χ2v) is 6.83. The quantitative estimate of drug-likeness (QED) is 0.712. The average Bonchev–Trinajstić information content (AvgIpc) is 3.23. The molecule has 1 fully saturated rings. The van der Waals surface area contributed by atoms with Crippen LogP contribution in [0.1, 0.15) is 42.8 Å². The second-order valence-electron chi connectivity index (χ2n) is 6.83. The van der Waals surface area contributed by atoms with Crippen molar-refractivity contribution in [2.45, 2.75) is 45.6 Å². The molecule has 0 radical (unpaired) electrons. The number of rotatable bonds is 4. The van der Waals surface area contributed by atoms with Crippen molar-refractivity contribution in [3.63, 3.8) is 0 Å². The standard InChI is InChI=1S/C20H22N4O2/c1-12-18(20-22-21-19(14(3)25)13(2)24(20)23-12)15-8-10-17(11-9-15)26-16-6-4-5-7-16/h8-11,16,25H,3-7H2,1-2H3. The summed E-state index contributed by atoms with van der Waals surface area (Å²) < 4.78 is 7.75. The summed E-state index contributed by atoms with van der Waals surface area (Å²) in [4.78, 5) is 0. The molecule has 1 aliphatic carbocycles. The van der Waals surface area contributed by atoms with Gasteiger partial charge in [0, 0.05) is 0 Å². The first-order valence-corrected chi connectivity index (χ1v) is 8.92. The molecule has 0 spiro atoms. The van der Waals surface area contributed by atoms with Gasteiger partial charge in [-0.15, -0.1) is 10.2 Å². The molecule has 3 aromatic rings. The highest BCUT2D eigenvalue weighted by molar-refractivity contribution is 5.80. The van der Waals surface area contributed by atoms with Gasteiger partial charge in [0.1, 0.15) is 17.2 Å². The number of hydrogen-bond donors (Lipinski definition) is 1. The van der Waals surface area contributed by atoms with Crippen LogP contribution in [-0.4, -0.2) is 31.0 Å². The maximum atomic E-state index is 9.65. The zero-order chi connectivity index (χ0) is 18.3. The molecule has 0 saturated heterocycles. The summed E-state index contributed by atoms with van der Waals surface area (Å²) in [5.74, 6) is 0.788. The minimum absolute atomic E-state index is 0.111. The lowest BCUT2D eigenvalue weighted by Crippen LogP contribution is -2.10. The van der Waals surface area contributed by atoms with Gasteiger partial charge in [0.25, 0.3) is 0 Å². The van der Waals surface area contributed by atoms with Gasteiger partial charge in [-0.1, -0.05) is 18.7 Å². The van der Waals surface area contributed by atoms with E-state index in [4.69, 9.17) is 4.74 Å². The smallest absolute Gasteiger partial charge is 0.185 e. The first-order chi connectivity index (χ1) is 12.5. The first kappa shape index (κ1) is 16.6. The molecule has 2 heterocycles. The minimum Gasteiger partial charge on any atom is -0.506 e. The molecule has 0 aliphatic heterocycles. The predicted molar refractivity (Wildman–Crippen MR) is 100 cm³/mol. The number of aromatic nitrogens is 4. The van der Waals surface area contributed by atoms with Crippen LogP contribution in [0.3, 0.4) is 0 Å². The van der Waals surface area contributed by atoms with Crippen molar-refractivity contribution in [1.29, 1.82) is 0 Å². The molecule has 6 heteroatoms. The molecule has 0 atom stereocenters. The Morgan fingerprint density at radius 3 is 2.50 bits per heavy atom. The highest BCUT2D eigenvalue weighted by Gasteiger charge is 2.19. The van der Waals surface area contributed by atoms with Crippen LogP contribution in [0.25, 0.3) is 22.5 Å². The molecule has 1 aliphatic rings. The van der Waals surface area contributed by atoms with Crippen LogP contribution < -0.4 is 4.74 Å². The van der Waals surface area contributed by atoms with Gasteiger partial charge in [-0.25, -0.2) is 4.52 Å². The third-order valence-corrected chi connectivity index (χ3v) is 4.96. The van der Waals surface area contributed by atoms with Crippen LogP contribution in [-0.2, 0) is 0 Å². The minimum atomic E-state index is -0.111. The normalized spacial score (nSPS) is 14.8. The van der Waals surface area contributed by atoms with Crippen molar-refractivity contribution in [1.82, 2.24) is 19.8 Å². The van der Waals surface area contributed by atoms with Gasteiger partial charge in [-0.2, -0.15) is 5.10 Å². The fraction of sp³-hybridized carbons (Fsp3) is 0.350. The highest BCUT2D eigenvalue weighted by atomic mass is 16.5. The van der Waals surface area contributed by atoms with Crippen LogP contribution >= 0.6 is 0 Å². The Hall–Kier alpha value is -2.89. The number of aliphatic hydroxyl groups is 1. The fourth-order valence-corrected chi connectivity index (χ4v) is 3.61. The molecular weight excluding hydrogens is 328 g/mol. The predicted octanol–water partition coefficient (Wildman–Crippen LogP) is 4.26. The maximum Gasteiger partial charge on any atom is 0.185 e. The molecule has 6 nitrogen and oxygen atoms in total. The lowest BCUT2D eigenvalue weighted by molar-refractivity contribution is 0.210. The molecule has 1 saturated carbocycles. The summed E-state index contributed by atoms with van der Waals surface area (Å²) >= 11 is 0. The van der Waals surface area contributed by atoms with E-state index in [0.29, 0.717) is 23.1 Å². The SMILES string of the molecule is C=C(O)c1nnc2c(-c3ccc(OC4CCCC4)cc3)c(C)nn2c1C. The maximum absolute atomic E-state index is 9.65. The summed E-state index contributed by atoms with van der Waals surface area (Å²) in [6.45, 7) is 7.31. The molecule has 2 aromatic heterocycles. The third-order valence-electron chi connectivity index (χ3n) is 4.96. The molecule has 4 rings (SSSR count). The van der Waals surface area contributed by atoms with Gasteiger partial charge in [-0.3, -0.25) is 0 Å². The van der Waals surface area contributed by atoms with Gasteiger partial charge < -0.3 is 9.84 Å². The van der Waals surface area contributed by atoms with Gasteiger partial charge >= 0.3 is 0 Å². The first-order valence-electron chi connectivity index (χ1n) is 8.92. The number of aliphatic hydroxyl groups excluding tert-OH is 1. The largest absolute Gasteiger partial charge is 0.506 e. The van der Waals surface area contributed by atoms with E-state index in [0.717, 1.165) is 35.4 Å². The van der Waals surface area contributed by atoms with E-state index < -0.39 is 0 Å². The number of aryl methyl sites for hydroxylation is 2. The van der Waals surface area contributed by atoms with Crippen molar-refractivity contribution in [3.05, 3.63) is 47.9 Å². The summed E-state index contributed by atoms with van der Waals surface area (Å²) in [6.07, 6.45) is 5.14. The molecule has 1 aromatic carbocycles. The number of hydrogen-bond acceptors (Lipinski definition) is 5. The monoisotopic (exact) mass is 350 g/mol. The van der Waals surface area contributed by atoms with E-state index in [1.54, 1.807) is 4.52 Å². The van der Waals surface area contributed by atoms with Gasteiger partial charge in [-0.05, 0) is 57.2 Å². The average molecular weight is 350 g/mol. The lowest BCUT2D eigenvalue weighted by atomic mass is 10.1. The van der Waals surface area contributed by atoms with E-state index in [2.05, 4.69) is 21.9 Å². The summed E-state index contributed by atoms with van der Waals surface area (Å²) in [7, 11) is 0. The Kier molecular flexibility index (Phi) is 4.11. The van der Waals surface area contributed by atoms with Crippen LogP contribution in [0.4, 0.5) is 0 Å². The van der Waals surface area contributed by atoms with Crippen LogP contribution in [0, 0.1) is 13.8 Å². The van der Waals surface area contributed by atoms with Crippen molar-refractivity contribution < 1.29 is 9.84 Å². The lowest BCUT2D eigenvalue weighted by Gasteiger charge is -2.13. The third kappa shape index (κ3) is 2.81. The Balaban J connectivity index is 1.71. The van der Waals surface area contributed by atoms with Gasteiger partial charge in [0.05, 0.1) is 23.1 Å². The number of nitrogens with zero attached hydrogens (tertiary/aromatic N) is 4. The Bertz CT molecular complexity index is 970. The topological polar surface area (TPSA) is 72.5 Å². The second kappa shape index (κ2) is 6.44. The Morgan fingerprint density at radius 2 is 1.85 bits per heavy atom. The van der Waals surface area contributed by atoms with Crippen molar-refractivity contribution >= 4 is 11.4 Å². The van der Waals surface area contributed by atoms with Gasteiger partial charge in [0.15, 0.2) is 5.65 Å². The van der Waals surface area contributed by atoms with Crippen molar-refractivity contribution in [2.75, 3.05) is 0 Å². The summed E-state index contributed by atoms with van der Waals surface area (Å²) in [5, 5.41) is 22.6. The summed E-state index contributed by atoms with van der Waals surface area (Å²) in [6, 6.07) is 8.07. The summed E-state index contributed by atoms with van der Waals surface area (Å²) in [5.41, 5.74) is 4.52. The number of benzene rings is 1. The van der Waals surface area contributed by atoms with Crippen molar-refractivity contribution in [2.24, 2.45) is 0 Å². The van der Waals surface area contributed by atoms with E-state index in [-0.39, 0.29) is 5.76 Å².